The second-order valence-electron chi connectivity index (χ2n) is 5.34. The van der Waals surface area contributed by atoms with Gasteiger partial charge in [-0.3, -0.25) is 5.10 Å². The first kappa shape index (κ1) is 14.5. The van der Waals surface area contributed by atoms with E-state index < -0.39 is 0 Å². The van der Waals surface area contributed by atoms with Gasteiger partial charge >= 0.3 is 0 Å². The molecule has 0 amide bonds. The molecule has 2 aromatic heterocycles. The van der Waals surface area contributed by atoms with Crippen molar-refractivity contribution in [2.45, 2.75) is 0 Å². The fourth-order valence-electron chi connectivity index (χ4n) is 2.58. The molecule has 24 heavy (non-hydrogen) atoms. The van der Waals surface area contributed by atoms with Crippen LogP contribution in [0.3, 0.4) is 0 Å². The molecular weight excluding hydrogens is 324 g/mol. The maximum atomic E-state index is 10.1. The van der Waals surface area contributed by atoms with Gasteiger partial charge in [0.05, 0.1) is 11.3 Å². The van der Waals surface area contributed by atoms with Crippen molar-refractivity contribution < 1.29 is 5.11 Å². The number of halogens is 1. The maximum Gasteiger partial charge on any atom is 0.198 e. The SMILES string of the molecule is Oc1[nH]c2ccc(Cl)cc2c1C=Nc1cc(-c2ccccc2)[nH]n1. The second-order valence-corrected chi connectivity index (χ2v) is 5.78. The van der Waals surface area contributed by atoms with E-state index in [-0.39, 0.29) is 5.88 Å². The third-order valence-corrected chi connectivity index (χ3v) is 3.99. The smallest absolute Gasteiger partial charge is 0.198 e. The van der Waals surface area contributed by atoms with E-state index in [0.717, 1.165) is 22.2 Å². The number of nitrogens with zero attached hydrogens (tertiary/aromatic N) is 2. The Morgan fingerprint density at radius 2 is 1.92 bits per heavy atom. The first-order valence-corrected chi connectivity index (χ1v) is 7.73. The van der Waals surface area contributed by atoms with Crippen LogP contribution in [0.25, 0.3) is 22.2 Å². The fraction of sp³-hybridized carbons (Fsp3) is 0. The van der Waals surface area contributed by atoms with Gasteiger partial charge in [0.1, 0.15) is 0 Å². The van der Waals surface area contributed by atoms with Crippen LogP contribution in [-0.4, -0.2) is 26.5 Å². The van der Waals surface area contributed by atoms with Gasteiger partial charge in [-0.15, -0.1) is 0 Å². The summed E-state index contributed by atoms with van der Waals surface area (Å²) in [7, 11) is 0. The molecule has 0 atom stereocenters. The molecule has 0 radical (unpaired) electrons. The molecule has 0 aliphatic rings. The Kier molecular flexibility index (Phi) is 3.55. The number of benzene rings is 2. The zero-order valence-electron chi connectivity index (χ0n) is 12.5. The Morgan fingerprint density at radius 1 is 1.08 bits per heavy atom. The minimum Gasteiger partial charge on any atom is -0.494 e. The quantitative estimate of drug-likeness (QED) is 0.475. The first-order valence-electron chi connectivity index (χ1n) is 7.36. The van der Waals surface area contributed by atoms with Crippen LogP contribution in [-0.2, 0) is 0 Å². The molecule has 0 spiro atoms. The van der Waals surface area contributed by atoms with Crippen LogP contribution in [0, 0.1) is 0 Å². The number of aromatic amines is 2. The van der Waals surface area contributed by atoms with Gasteiger partial charge in [0.15, 0.2) is 11.7 Å². The summed E-state index contributed by atoms with van der Waals surface area (Å²) in [5, 5.41) is 18.6. The number of rotatable bonds is 3. The van der Waals surface area contributed by atoms with Gasteiger partial charge in [-0.05, 0) is 23.8 Å². The van der Waals surface area contributed by atoms with Gasteiger partial charge in [-0.1, -0.05) is 41.9 Å². The summed E-state index contributed by atoms with van der Waals surface area (Å²) >= 11 is 6.03. The molecule has 0 unspecified atom stereocenters. The van der Waals surface area contributed by atoms with Gasteiger partial charge in [0.2, 0.25) is 0 Å². The highest BCUT2D eigenvalue weighted by molar-refractivity contribution is 6.31. The highest BCUT2D eigenvalue weighted by Crippen LogP contribution is 2.29. The third-order valence-electron chi connectivity index (χ3n) is 3.76. The van der Waals surface area contributed by atoms with Gasteiger partial charge in [-0.25, -0.2) is 4.99 Å². The Bertz CT molecular complexity index is 1030. The normalized spacial score (nSPS) is 11.5. The van der Waals surface area contributed by atoms with E-state index in [1.807, 2.05) is 42.5 Å². The molecule has 2 heterocycles. The fourth-order valence-corrected chi connectivity index (χ4v) is 2.75. The monoisotopic (exact) mass is 336 g/mol. The highest BCUT2D eigenvalue weighted by atomic mass is 35.5. The predicted molar refractivity (Wildman–Crippen MR) is 96.3 cm³/mol. The number of aliphatic imine (C=N–C) groups is 1. The summed E-state index contributed by atoms with van der Waals surface area (Å²) in [6.07, 6.45) is 1.58. The Morgan fingerprint density at radius 3 is 2.75 bits per heavy atom. The van der Waals surface area contributed by atoms with E-state index in [2.05, 4.69) is 20.2 Å². The van der Waals surface area contributed by atoms with E-state index in [4.69, 9.17) is 11.6 Å². The lowest BCUT2D eigenvalue weighted by Crippen LogP contribution is -1.79. The summed E-state index contributed by atoms with van der Waals surface area (Å²) in [6.45, 7) is 0. The summed E-state index contributed by atoms with van der Waals surface area (Å²) in [5.74, 6) is 0.583. The van der Waals surface area contributed by atoms with Crippen molar-refractivity contribution in [3.63, 3.8) is 0 Å². The highest BCUT2D eigenvalue weighted by Gasteiger charge is 2.09. The van der Waals surface area contributed by atoms with E-state index in [9.17, 15) is 5.11 Å². The molecule has 2 aromatic carbocycles. The molecule has 6 heteroatoms. The predicted octanol–water partition coefficient (Wildman–Crippen LogP) is 4.67. The number of hydrogen-bond donors (Lipinski definition) is 3. The number of hydrogen-bond acceptors (Lipinski definition) is 3. The average molecular weight is 337 g/mol. The van der Waals surface area contributed by atoms with Crippen LogP contribution >= 0.6 is 11.6 Å². The van der Waals surface area contributed by atoms with Crippen molar-refractivity contribution in [2.75, 3.05) is 0 Å². The zero-order valence-corrected chi connectivity index (χ0v) is 13.2. The van der Waals surface area contributed by atoms with Crippen molar-refractivity contribution in [1.29, 1.82) is 0 Å². The van der Waals surface area contributed by atoms with E-state index in [1.54, 1.807) is 18.3 Å². The Balaban J connectivity index is 1.68. The number of aromatic nitrogens is 3. The van der Waals surface area contributed by atoms with Gasteiger partial charge in [0, 0.05) is 28.2 Å². The second kappa shape index (κ2) is 5.86. The van der Waals surface area contributed by atoms with E-state index >= 15 is 0 Å². The Hall–Kier alpha value is -3.05. The summed E-state index contributed by atoms with van der Waals surface area (Å²) in [4.78, 5) is 7.24. The molecule has 3 N–H and O–H groups in total. The number of fused-ring (bicyclic) bond motifs is 1. The van der Waals surface area contributed by atoms with Crippen LogP contribution in [0.1, 0.15) is 5.56 Å². The van der Waals surface area contributed by atoms with Crippen molar-refractivity contribution >= 4 is 34.5 Å². The lowest BCUT2D eigenvalue weighted by Gasteiger charge is -1.93. The molecule has 0 bridgehead atoms. The van der Waals surface area contributed by atoms with Crippen LogP contribution in [0.5, 0.6) is 5.88 Å². The minimum absolute atomic E-state index is 0.0508. The summed E-state index contributed by atoms with van der Waals surface area (Å²) in [6, 6.07) is 17.1. The van der Waals surface area contributed by atoms with Crippen LogP contribution in [0.15, 0.2) is 59.6 Å². The molecule has 4 aromatic rings. The van der Waals surface area contributed by atoms with Crippen LogP contribution < -0.4 is 0 Å². The van der Waals surface area contributed by atoms with Gasteiger partial charge in [-0.2, -0.15) is 5.10 Å². The summed E-state index contributed by atoms with van der Waals surface area (Å²) < 4.78 is 0. The van der Waals surface area contributed by atoms with E-state index in [0.29, 0.717) is 16.4 Å². The molecule has 4 rings (SSSR count). The largest absolute Gasteiger partial charge is 0.494 e. The average Bonchev–Trinajstić information content (AvgIpc) is 3.18. The van der Waals surface area contributed by atoms with Gasteiger partial charge < -0.3 is 10.1 Å². The molecule has 5 nitrogen and oxygen atoms in total. The van der Waals surface area contributed by atoms with Crippen molar-refractivity contribution in [3.8, 4) is 17.1 Å². The molecular formula is C18H13ClN4O. The molecule has 118 valence electrons. The van der Waals surface area contributed by atoms with Crippen molar-refractivity contribution in [3.05, 3.63) is 65.2 Å². The molecule has 0 fully saturated rings. The van der Waals surface area contributed by atoms with Crippen molar-refractivity contribution in [2.24, 2.45) is 4.99 Å². The van der Waals surface area contributed by atoms with Gasteiger partial charge in [0.25, 0.3) is 0 Å². The summed E-state index contributed by atoms with van der Waals surface area (Å²) in [5.41, 5.74) is 3.30. The van der Waals surface area contributed by atoms with Crippen molar-refractivity contribution in [1.82, 2.24) is 15.2 Å². The first-order chi connectivity index (χ1) is 11.7. The molecule has 0 saturated heterocycles. The molecule has 0 saturated carbocycles. The third kappa shape index (κ3) is 2.66. The lowest BCUT2D eigenvalue weighted by atomic mass is 10.1. The van der Waals surface area contributed by atoms with Crippen LogP contribution in [0.4, 0.5) is 5.82 Å². The topological polar surface area (TPSA) is 77.1 Å². The van der Waals surface area contributed by atoms with Crippen LogP contribution in [0.2, 0.25) is 5.02 Å². The standard InChI is InChI=1S/C18H13ClN4O/c19-12-6-7-15-13(8-12)14(18(24)21-15)10-20-17-9-16(22-23-17)11-4-2-1-3-5-11/h1-10,21,24H,(H,22,23). The van der Waals surface area contributed by atoms with E-state index in [1.165, 1.54) is 0 Å². The zero-order chi connectivity index (χ0) is 16.5. The lowest BCUT2D eigenvalue weighted by molar-refractivity contribution is 0.457. The molecule has 0 aliphatic carbocycles. The number of aromatic hydroxyl groups is 1. The Labute approximate surface area is 142 Å². The number of H-pyrrole nitrogens is 2. The number of nitrogens with one attached hydrogen (secondary N) is 2. The molecule has 0 aliphatic heterocycles. The minimum atomic E-state index is 0.0508. The maximum absolute atomic E-state index is 10.1.